The number of aromatic amines is 1. The lowest BCUT2D eigenvalue weighted by Crippen LogP contribution is -2.29. The molecule has 3 aromatic rings. The molecule has 0 spiro atoms. The summed E-state index contributed by atoms with van der Waals surface area (Å²) in [5.41, 5.74) is 6.22. The zero-order valence-corrected chi connectivity index (χ0v) is 15.6. The minimum atomic E-state index is -0.649. The van der Waals surface area contributed by atoms with Crippen LogP contribution in [-0.2, 0) is 0 Å². The van der Waals surface area contributed by atoms with Gasteiger partial charge in [-0.15, -0.1) is 0 Å². The van der Waals surface area contributed by atoms with Crippen molar-refractivity contribution in [3.63, 3.8) is 0 Å². The number of nitrogens with two attached hydrogens (primary N) is 1. The van der Waals surface area contributed by atoms with Gasteiger partial charge in [0.25, 0.3) is 17.4 Å². The van der Waals surface area contributed by atoms with Crippen molar-refractivity contribution in [2.75, 3.05) is 30.8 Å². The number of hydrogen-bond acceptors (Lipinski definition) is 5. The molecule has 0 saturated carbocycles. The first-order valence-corrected chi connectivity index (χ1v) is 8.87. The van der Waals surface area contributed by atoms with Crippen LogP contribution in [-0.4, -0.2) is 36.9 Å². The second-order valence-corrected chi connectivity index (χ2v) is 6.26. The maximum absolute atomic E-state index is 13.8. The van der Waals surface area contributed by atoms with E-state index in [1.165, 1.54) is 18.2 Å². The van der Waals surface area contributed by atoms with Crippen LogP contribution in [0.4, 0.5) is 15.8 Å². The summed E-state index contributed by atoms with van der Waals surface area (Å²) in [6, 6.07) is 10.00. The minimum Gasteiger partial charge on any atom is -0.386 e. The predicted octanol–water partition coefficient (Wildman–Crippen LogP) is 1.65. The standard InChI is InChI=1S/C20H20FN5O3/c1-23-16-10-13(21)8-12-9-15(20(29)26-17(12)16)19(28)25-14-4-2-11(3-5-14)18(27)24-7-6-22/h2-5,8-10,23H,6-7,22H2,1H3,(H,24,27)(H,25,28)(H,26,29). The molecule has 0 aliphatic carbocycles. The maximum atomic E-state index is 13.8. The molecule has 2 aromatic carbocycles. The number of benzene rings is 2. The van der Waals surface area contributed by atoms with Crippen LogP contribution in [0.2, 0.25) is 0 Å². The van der Waals surface area contributed by atoms with E-state index >= 15 is 0 Å². The van der Waals surface area contributed by atoms with E-state index in [1.54, 1.807) is 31.3 Å². The number of anilines is 2. The fourth-order valence-electron chi connectivity index (χ4n) is 2.84. The van der Waals surface area contributed by atoms with Gasteiger partial charge in [-0.05, 0) is 42.5 Å². The number of aromatic nitrogens is 1. The van der Waals surface area contributed by atoms with Gasteiger partial charge in [0.2, 0.25) is 0 Å². The number of pyridine rings is 1. The molecule has 6 N–H and O–H groups in total. The zero-order chi connectivity index (χ0) is 21.0. The minimum absolute atomic E-state index is 0.157. The van der Waals surface area contributed by atoms with Gasteiger partial charge in [-0.25, -0.2) is 4.39 Å². The summed E-state index contributed by atoms with van der Waals surface area (Å²) < 4.78 is 13.8. The summed E-state index contributed by atoms with van der Waals surface area (Å²) in [6.07, 6.45) is 0. The molecule has 0 bridgehead atoms. The molecule has 0 radical (unpaired) electrons. The van der Waals surface area contributed by atoms with Gasteiger partial charge in [0, 0.05) is 36.8 Å². The largest absolute Gasteiger partial charge is 0.386 e. The molecule has 1 heterocycles. The van der Waals surface area contributed by atoms with Crippen molar-refractivity contribution >= 4 is 34.1 Å². The smallest absolute Gasteiger partial charge is 0.261 e. The van der Waals surface area contributed by atoms with Crippen molar-refractivity contribution in [1.82, 2.24) is 10.3 Å². The highest BCUT2D eigenvalue weighted by atomic mass is 19.1. The van der Waals surface area contributed by atoms with Gasteiger partial charge < -0.3 is 26.7 Å². The third-order valence-corrected chi connectivity index (χ3v) is 4.27. The Morgan fingerprint density at radius 2 is 1.83 bits per heavy atom. The summed E-state index contributed by atoms with van der Waals surface area (Å²) in [6.45, 7) is 0.692. The lowest BCUT2D eigenvalue weighted by atomic mass is 10.1. The quantitative estimate of drug-likeness (QED) is 0.432. The third-order valence-electron chi connectivity index (χ3n) is 4.27. The first kappa shape index (κ1) is 20.0. The topological polar surface area (TPSA) is 129 Å². The van der Waals surface area contributed by atoms with E-state index in [0.717, 1.165) is 0 Å². The molecule has 0 unspecified atom stereocenters. The van der Waals surface area contributed by atoms with Gasteiger partial charge in [0.15, 0.2) is 0 Å². The highest BCUT2D eigenvalue weighted by Gasteiger charge is 2.15. The van der Waals surface area contributed by atoms with Crippen LogP contribution in [0.15, 0.2) is 47.3 Å². The number of fused-ring (bicyclic) bond motifs is 1. The fourth-order valence-corrected chi connectivity index (χ4v) is 2.84. The van der Waals surface area contributed by atoms with Crippen molar-refractivity contribution in [1.29, 1.82) is 0 Å². The van der Waals surface area contributed by atoms with E-state index < -0.39 is 17.3 Å². The van der Waals surface area contributed by atoms with Crippen LogP contribution < -0.4 is 27.2 Å². The van der Waals surface area contributed by atoms with Crippen molar-refractivity contribution in [3.8, 4) is 0 Å². The van der Waals surface area contributed by atoms with Crippen LogP contribution in [0.1, 0.15) is 20.7 Å². The van der Waals surface area contributed by atoms with Gasteiger partial charge >= 0.3 is 0 Å². The molecule has 2 amide bonds. The van der Waals surface area contributed by atoms with E-state index in [9.17, 15) is 18.8 Å². The van der Waals surface area contributed by atoms with Gasteiger partial charge in [0.05, 0.1) is 11.2 Å². The van der Waals surface area contributed by atoms with E-state index in [1.807, 2.05) is 0 Å². The Hall–Kier alpha value is -3.72. The Morgan fingerprint density at radius 1 is 1.10 bits per heavy atom. The first-order chi connectivity index (χ1) is 13.9. The normalized spacial score (nSPS) is 10.6. The summed E-state index contributed by atoms with van der Waals surface area (Å²) in [4.78, 5) is 39.4. The summed E-state index contributed by atoms with van der Waals surface area (Å²) in [5, 5.41) is 8.42. The van der Waals surface area contributed by atoms with E-state index in [-0.39, 0.29) is 11.5 Å². The van der Waals surface area contributed by atoms with Gasteiger partial charge in [-0.3, -0.25) is 14.4 Å². The summed E-state index contributed by atoms with van der Waals surface area (Å²) >= 11 is 0. The Morgan fingerprint density at radius 3 is 2.48 bits per heavy atom. The number of halogens is 1. The fraction of sp³-hybridized carbons (Fsp3) is 0.150. The highest BCUT2D eigenvalue weighted by molar-refractivity contribution is 6.06. The molecule has 8 nitrogen and oxygen atoms in total. The van der Waals surface area contributed by atoms with Crippen LogP contribution >= 0.6 is 0 Å². The van der Waals surface area contributed by atoms with Gasteiger partial charge in [-0.2, -0.15) is 0 Å². The summed E-state index contributed by atoms with van der Waals surface area (Å²) in [5.74, 6) is -1.42. The molecule has 0 aliphatic heterocycles. The van der Waals surface area contributed by atoms with Crippen LogP contribution in [0, 0.1) is 5.82 Å². The average Bonchev–Trinajstić information content (AvgIpc) is 2.71. The van der Waals surface area contributed by atoms with Crippen LogP contribution in [0.25, 0.3) is 10.9 Å². The monoisotopic (exact) mass is 397 g/mol. The highest BCUT2D eigenvalue weighted by Crippen LogP contribution is 2.22. The molecular formula is C20H20FN5O3. The van der Waals surface area contributed by atoms with Crippen molar-refractivity contribution in [3.05, 3.63) is 69.8 Å². The molecule has 29 heavy (non-hydrogen) atoms. The number of rotatable bonds is 6. The SMILES string of the molecule is CNc1cc(F)cc2cc(C(=O)Nc3ccc(C(=O)NCCN)cc3)c(=O)[nH]c12. The lowest BCUT2D eigenvalue weighted by Gasteiger charge is -2.09. The second-order valence-electron chi connectivity index (χ2n) is 6.26. The molecule has 1 aromatic heterocycles. The van der Waals surface area contributed by atoms with Crippen molar-refractivity contribution in [2.45, 2.75) is 0 Å². The van der Waals surface area contributed by atoms with Crippen LogP contribution in [0.5, 0.6) is 0 Å². The molecule has 0 saturated heterocycles. The Bertz CT molecular complexity index is 1130. The van der Waals surface area contributed by atoms with E-state index in [4.69, 9.17) is 5.73 Å². The molecule has 0 fully saturated rings. The Labute approximate surface area is 165 Å². The lowest BCUT2D eigenvalue weighted by molar-refractivity contribution is 0.0954. The van der Waals surface area contributed by atoms with E-state index in [2.05, 4.69) is 20.9 Å². The van der Waals surface area contributed by atoms with E-state index in [0.29, 0.717) is 40.9 Å². The molecule has 0 atom stereocenters. The van der Waals surface area contributed by atoms with Crippen molar-refractivity contribution < 1.29 is 14.0 Å². The number of hydrogen-bond donors (Lipinski definition) is 5. The van der Waals surface area contributed by atoms with Gasteiger partial charge in [-0.1, -0.05) is 0 Å². The summed E-state index contributed by atoms with van der Waals surface area (Å²) in [7, 11) is 1.60. The molecule has 0 aliphatic rings. The zero-order valence-electron chi connectivity index (χ0n) is 15.6. The number of amides is 2. The number of carbonyl (C=O) groups is 2. The maximum Gasteiger partial charge on any atom is 0.261 e. The third kappa shape index (κ3) is 4.41. The number of H-pyrrole nitrogens is 1. The molecule has 3 rings (SSSR count). The first-order valence-electron chi connectivity index (χ1n) is 8.87. The molecule has 150 valence electrons. The second kappa shape index (κ2) is 8.53. The Kier molecular flexibility index (Phi) is 5.89. The predicted molar refractivity (Wildman–Crippen MR) is 110 cm³/mol. The van der Waals surface area contributed by atoms with Crippen molar-refractivity contribution in [2.24, 2.45) is 5.73 Å². The van der Waals surface area contributed by atoms with Gasteiger partial charge in [0.1, 0.15) is 11.4 Å². The number of carbonyl (C=O) groups excluding carboxylic acids is 2. The average molecular weight is 397 g/mol. The molecule has 9 heteroatoms. The number of nitrogens with one attached hydrogen (secondary N) is 4. The Balaban J connectivity index is 1.83. The van der Waals surface area contributed by atoms with Crippen LogP contribution in [0.3, 0.4) is 0 Å². The molecular weight excluding hydrogens is 377 g/mol.